The van der Waals surface area contributed by atoms with Crippen LogP contribution in [0, 0.1) is 5.82 Å². The van der Waals surface area contributed by atoms with Gasteiger partial charge in [-0.25, -0.2) is 4.39 Å². The van der Waals surface area contributed by atoms with Gasteiger partial charge >= 0.3 is 0 Å². The predicted molar refractivity (Wildman–Crippen MR) is 102 cm³/mol. The number of halogens is 1. The van der Waals surface area contributed by atoms with Crippen LogP contribution >= 0.6 is 11.8 Å². The van der Waals surface area contributed by atoms with Gasteiger partial charge in [0.1, 0.15) is 5.82 Å². The Morgan fingerprint density at radius 2 is 1.82 bits per heavy atom. The predicted octanol–water partition coefficient (Wildman–Crippen LogP) is 2.89. The van der Waals surface area contributed by atoms with Gasteiger partial charge in [0.2, 0.25) is 11.8 Å². The zero-order valence-electron chi connectivity index (χ0n) is 15.0. The summed E-state index contributed by atoms with van der Waals surface area (Å²) in [4.78, 5) is 25.8. The van der Waals surface area contributed by atoms with Crippen molar-refractivity contribution in [1.82, 2.24) is 15.5 Å². The molecule has 28 heavy (non-hydrogen) atoms. The van der Waals surface area contributed by atoms with E-state index in [2.05, 4.69) is 15.5 Å². The SMILES string of the molecule is CN(C(=O)CSc1nnc(CNC(=O)c2ccc(F)cc2)o1)c1ccccc1. The van der Waals surface area contributed by atoms with Crippen LogP contribution in [0.3, 0.4) is 0 Å². The maximum atomic E-state index is 12.9. The minimum absolute atomic E-state index is 0.0294. The molecule has 0 saturated heterocycles. The van der Waals surface area contributed by atoms with Gasteiger partial charge in [0.25, 0.3) is 11.1 Å². The van der Waals surface area contributed by atoms with Gasteiger partial charge in [0, 0.05) is 18.3 Å². The van der Waals surface area contributed by atoms with Crippen LogP contribution in [0.1, 0.15) is 16.2 Å². The highest BCUT2D eigenvalue weighted by atomic mass is 32.2. The third kappa shape index (κ3) is 5.17. The van der Waals surface area contributed by atoms with E-state index in [9.17, 15) is 14.0 Å². The lowest BCUT2D eigenvalue weighted by atomic mass is 10.2. The number of hydrogen-bond donors (Lipinski definition) is 1. The molecule has 9 heteroatoms. The quantitative estimate of drug-likeness (QED) is 0.614. The number of nitrogens with one attached hydrogen (secondary N) is 1. The van der Waals surface area contributed by atoms with Crippen LogP contribution in [0.25, 0.3) is 0 Å². The van der Waals surface area contributed by atoms with Crippen LogP contribution < -0.4 is 10.2 Å². The summed E-state index contributed by atoms with van der Waals surface area (Å²) in [7, 11) is 1.70. The van der Waals surface area contributed by atoms with E-state index in [4.69, 9.17) is 4.42 Å². The van der Waals surface area contributed by atoms with Gasteiger partial charge in [-0.15, -0.1) is 10.2 Å². The Morgan fingerprint density at radius 1 is 1.11 bits per heavy atom. The first-order chi connectivity index (χ1) is 13.5. The van der Waals surface area contributed by atoms with Crippen LogP contribution in [0.5, 0.6) is 0 Å². The Kier molecular flexibility index (Phi) is 6.38. The average molecular weight is 400 g/mol. The molecule has 1 heterocycles. The monoisotopic (exact) mass is 400 g/mol. The molecule has 0 aliphatic carbocycles. The lowest BCUT2D eigenvalue weighted by Gasteiger charge is -2.16. The first-order valence-electron chi connectivity index (χ1n) is 8.33. The van der Waals surface area contributed by atoms with E-state index in [0.717, 1.165) is 17.4 Å². The zero-order chi connectivity index (χ0) is 19.9. The molecule has 0 fully saturated rings. The Bertz CT molecular complexity index is 947. The minimum atomic E-state index is -0.414. The van der Waals surface area contributed by atoms with Crippen molar-refractivity contribution in [2.75, 3.05) is 17.7 Å². The van der Waals surface area contributed by atoms with E-state index >= 15 is 0 Å². The normalized spacial score (nSPS) is 10.5. The van der Waals surface area contributed by atoms with Crippen LogP contribution in [0.15, 0.2) is 64.2 Å². The summed E-state index contributed by atoms with van der Waals surface area (Å²) < 4.78 is 18.3. The van der Waals surface area contributed by atoms with Gasteiger partial charge in [0.05, 0.1) is 12.3 Å². The summed E-state index contributed by atoms with van der Waals surface area (Å²) >= 11 is 1.12. The number of para-hydroxylation sites is 1. The molecule has 3 rings (SSSR count). The Hall–Kier alpha value is -3.20. The second-order valence-electron chi connectivity index (χ2n) is 5.73. The first-order valence-corrected chi connectivity index (χ1v) is 9.32. The highest BCUT2D eigenvalue weighted by molar-refractivity contribution is 7.99. The molecule has 2 aromatic carbocycles. The van der Waals surface area contributed by atoms with E-state index in [0.29, 0.717) is 5.56 Å². The summed E-state index contributed by atoms with van der Waals surface area (Å²) in [5, 5.41) is 10.5. The molecule has 2 amide bonds. The van der Waals surface area contributed by atoms with Crippen molar-refractivity contribution in [2.45, 2.75) is 11.8 Å². The summed E-state index contributed by atoms with van der Waals surface area (Å²) in [5.74, 6) is -0.563. The van der Waals surface area contributed by atoms with Gasteiger partial charge in [0.15, 0.2) is 0 Å². The molecular formula is C19H17FN4O3S. The summed E-state index contributed by atoms with van der Waals surface area (Å²) in [6, 6.07) is 14.5. The highest BCUT2D eigenvalue weighted by Crippen LogP contribution is 2.18. The second-order valence-corrected chi connectivity index (χ2v) is 6.65. The van der Waals surface area contributed by atoms with Crippen molar-refractivity contribution in [1.29, 1.82) is 0 Å². The first kappa shape index (κ1) is 19.6. The van der Waals surface area contributed by atoms with Crippen molar-refractivity contribution in [2.24, 2.45) is 0 Å². The minimum Gasteiger partial charge on any atom is -0.414 e. The van der Waals surface area contributed by atoms with Crippen LogP contribution in [0.2, 0.25) is 0 Å². The smallest absolute Gasteiger partial charge is 0.277 e. The molecule has 0 aliphatic rings. The molecule has 1 aromatic heterocycles. The molecule has 1 N–H and O–H groups in total. The molecule has 0 radical (unpaired) electrons. The van der Waals surface area contributed by atoms with Crippen molar-refractivity contribution in [3.05, 3.63) is 71.9 Å². The molecule has 0 saturated carbocycles. The van der Waals surface area contributed by atoms with E-state index in [1.165, 1.54) is 24.3 Å². The number of aromatic nitrogens is 2. The number of carbonyl (C=O) groups excluding carboxylic acids is 2. The number of benzene rings is 2. The maximum absolute atomic E-state index is 12.9. The lowest BCUT2D eigenvalue weighted by molar-refractivity contribution is -0.115. The number of rotatable bonds is 7. The molecular weight excluding hydrogens is 383 g/mol. The lowest BCUT2D eigenvalue weighted by Crippen LogP contribution is -2.27. The topological polar surface area (TPSA) is 88.3 Å². The van der Waals surface area contributed by atoms with Gasteiger partial charge in [-0.2, -0.15) is 0 Å². The van der Waals surface area contributed by atoms with E-state index in [1.807, 2.05) is 30.3 Å². The fourth-order valence-electron chi connectivity index (χ4n) is 2.24. The third-order valence-electron chi connectivity index (χ3n) is 3.79. The second kappa shape index (κ2) is 9.14. The van der Waals surface area contributed by atoms with Gasteiger partial charge in [-0.3, -0.25) is 9.59 Å². The molecule has 0 atom stereocenters. The fourth-order valence-corrected chi connectivity index (χ4v) is 2.94. The Morgan fingerprint density at radius 3 is 2.54 bits per heavy atom. The third-order valence-corrected chi connectivity index (χ3v) is 4.59. The number of thioether (sulfide) groups is 1. The number of nitrogens with zero attached hydrogens (tertiary/aromatic N) is 3. The zero-order valence-corrected chi connectivity index (χ0v) is 15.8. The van der Waals surface area contributed by atoms with Crippen LogP contribution in [-0.4, -0.2) is 34.8 Å². The van der Waals surface area contributed by atoms with Crippen LogP contribution in [-0.2, 0) is 11.3 Å². The van der Waals surface area contributed by atoms with Crippen molar-refractivity contribution in [3.8, 4) is 0 Å². The van der Waals surface area contributed by atoms with E-state index in [1.54, 1.807) is 11.9 Å². The van der Waals surface area contributed by atoms with Crippen LogP contribution in [0.4, 0.5) is 10.1 Å². The molecule has 0 aliphatic heterocycles. The summed E-state index contributed by atoms with van der Waals surface area (Å²) in [6.45, 7) is 0.0294. The van der Waals surface area contributed by atoms with E-state index in [-0.39, 0.29) is 35.2 Å². The van der Waals surface area contributed by atoms with Gasteiger partial charge in [-0.05, 0) is 36.4 Å². The average Bonchev–Trinajstić information content (AvgIpc) is 3.18. The number of anilines is 1. The van der Waals surface area contributed by atoms with Gasteiger partial charge < -0.3 is 14.6 Å². The standard InChI is InChI=1S/C19H17FN4O3S/c1-24(15-5-3-2-4-6-15)17(25)12-28-19-23-22-16(27-19)11-21-18(26)13-7-9-14(20)10-8-13/h2-10H,11-12H2,1H3,(H,21,26). The Balaban J connectivity index is 1.48. The largest absolute Gasteiger partial charge is 0.414 e. The highest BCUT2D eigenvalue weighted by Gasteiger charge is 2.14. The maximum Gasteiger partial charge on any atom is 0.277 e. The number of carbonyl (C=O) groups is 2. The molecule has 144 valence electrons. The summed E-state index contributed by atoms with van der Waals surface area (Å²) in [6.07, 6.45) is 0. The molecule has 3 aromatic rings. The molecule has 7 nitrogen and oxygen atoms in total. The summed E-state index contributed by atoms with van der Waals surface area (Å²) in [5.41, 5.74) is 1.12. The van der Waals surface area contributed by atoms with Crippen molar-refractivity contribution >= 4 is 29.3 Å². The van der Waals surface area contributed by atoms with Gasteiger partial charge in [-0.1, -0.05) is 30.0 Å². The molecule has 0 bridgehead atoms. The number of amides is 2. The Labute approximate surface area is 164 Å². The fraction of sp³-hybridized carbons (Fsp3) is 0.158. The molecule has 0 spiro atoms. The molecule has 0 unspecified atom stereocenters. The van der Waals surface area contributed by atoms with Crippen molar-refractivity contribution in [3.63, 3.8) is 0 Å². The van der Waals surface area contributed by atoms with Crippen molar-refractivity contribution < 1.29 is 18.4 Å². The van der Waals surface area contributed by atoms with E-state index < -0.39 is 5.82 Å². The number of hydrogen-bond acceptors (Lipinski definition) is 6.